The van der Waals surface area contributed by atoms with Crippen molar-refractivity contribution in [3.63, 3.8) is 0 Å². The standard InChI is InChI=1S/C28H30FNO4/c1-33-25-14-7-20(8-15-25)17-30(28(32)34-19-21-5-3-2-4-6-21)26-16-11-23(18-31)27(26)22-9-12-24(29)13-10-22/h2-10,12-15,23,26-27,31H,11,16-19H2,1H3. The van der Waals surface area contributed by atoms with Crippen molar-refractivity contribution in [2.24, 2.45) is 5.92 Å². The van der Waals surface area contributed by atoms with Crippen LogP contribution in [0.25, 0.3) is 0 Å². The van der Waals surface area contributed by atoms with Crippen molar-refractivity contribution in [2.45, 2.75) is 38.0 Å². The molecule has 1 N–H and O–H groups in total. The van der Waals surface area contributed by atoms with Crippen molar-refractivity contribution in [3.05, 3.63) is 101 Å². The molecule has 1 aliphatic rings. The maximum atomic E-state index is 13.6. The number of halogens is 1. The fraction of sp³-hybridized carbons (Fsp3) is 0.321. The molecule has 0 spiro atoms. The monoisotopic (exact) mass is 463 g/mol. The Morgan fingerprint density at radius 2 is 1.68 bits per heavy atom. The molecule has 0 bridgehead atoms. The molecule has 5 nitrogen and oxygen atoms in total. The molecule has 0 radical (unpaired) electrons. The van der Waals surface area contributed by atoms with Crippen LogP contribution in [0.4, 0.5) is 9.18 Å². The average Bonchev–Trinajstić information content (AvgIpc) is 3.31. The van der Waals surface area contributed by atoms with Gasteiger partial charge in [0.15, 0.2) is 0 Å². The van der Waals surface area contributed by atoms with Crippen molar-refractivity contribution < 1.29 is 23.8 Å². The van der Waals surface area contributed by atoms with Crippen LogP contribution in [0.2, 0.25) is 0 Å². The first-order chi connectivity index (χ1) is 16.6. The molecule has 0 aromatic heterocycles. The molecule has 3 aromatic rings. The van der Waals surface area contributed by atoms with Gasteiger partial charge in [-0.2, -0.15) is 0 Å². The molecule has 3 atom stereocenters. The highest BCUT2D eigenvalue weighted by molar-refractivity contribution is 5.68. The van der Waals surface area contributed by atoms with Gasteiger partial charge >= 0.3 is 6.09 Å². The van der Waals surface area contributed by atoms with Crippen LogP contribution in [0.1, 0.15) is 35.4 Å². The second kappa shape index (κ2) is 11.2. The lowest BCUT2D eigenvalue weighted by Crippen LogP contribution is -2.42. The molecule has 0 heterocycles. The Bertz CT molecular complexity index is 1060. The smallest absolute Gasteiger partial charge is 0.410 e. The number of carbonyl (C=O) groups excluding carboxylic acids is 1. The van der Waals surface area contributed by atoms with Crippen LogP contribution in [-0.4, -0.2) is 35.9 Å². The first-order valence-corrected chi connectivity index (χ1v) is 11.6. The summed E-state index contributed by atoms with van der Waals surface area (Å²) in [6, 6.07) is 23.3. The Morgan fingerprint density at radius 1 is 0.971 bits per heavy atom. The number of rotatable bonds is 8. The number of aliphatic hydroxyl groups excluding tert-OH is 1. The molecule has 1 saturated carbocycles. The molecule has 1 aliphatic carbocycles. The number of hydrogen-bond acceptors (Lipinski definition) is 4. The second-order valence-electron chi connectivity index (χ2n) is 8.68. The summed E-state index contributed by atoms with van der Waals surface area (Å²) in [6.07, 6.45) is 1.09. The Morgan fingerprint density at radius 3 is 2.32 bits per heavy atom. The van der Waals surface area contributed by atoms with E-state index in [9.17, 15) is 14.3 Å². The van der Waals surface area contributed by atoms with Crippen molar-refractivity contribution >= 4 is 6.09 Å². The molecule has 3 unspecified atom stereocenters. The van der Waals surface area contributed by atoms with E-state index >= 15 is 0 Å². The van der Waals surface area contributed by atoms with E-state index in [2.05, 4.69) is 0 Å². The molecular weight excluding hydrogens is 433 g/mol. The van der Waals surface area contributed by atoms with Crippen molar-refractivity contribution in [1.82, 2.24) is 4.90 Å². The Balaban J connectivity index is 1.61. The highest BCUT2D eigenvalue weighted by Gasteiger charge is 2.42. The summed E-state index contributed by atoms with van der Waals surface area (Å²) < 4.78 is 24.6. The van der Waals surface area contributed by atoms with Crippen LogP contribution in [0.3, 0.4) is 0 Å². The van der Waals surface area contributed by atoms with Crippen molar-refractivity contribution in [2.75, 3.05) is 13.7 Å². The zero-order chi connectivity index (χ0) is 23.9. The lowest BCUT2D eigenvalue weighted by Gasteiger charge is -2.34. The van der Waals surface area contributed by atoms with Gasteiger partial charge in [0.2, 0.25) is 0 Å². The van der Waals surface area contributed by atoms with Gasteiger partial charge < -0.3 is 19.5 Å². The fourth-order valence-electron chi connectivity index (χ4n) is 4.84. The van der Waals surface area contributed by atoms with Gasteiger partial charge in [-0.25, -0.2) is 9.18 Å². The minimum atomic E-state index is -0.407. The summed E-state index contributed by atoms with van der Waals surface area (Å²) in [6.45, 7) is 0.544. The normalized spacial score (nSPS) is 19.6. The number of aliphatic hydroxyl groups is 1. The van der Waals surface area contributed by atoms with Gasteiger partial charge in [0.25, 0.3) is 0 Å². The molecule has 178 valence electrons. The van der Waals surface area contributed by atoms with Gasteiger partial charge in [0.05, 0.1) is 7.11 Å². The summed E-state index contributed by atoms with van der Waals surface area (Å²) in [4.78, 5) is 15.2. The van der Waals surface area contributed by atoms with E-state index in [1.54, 1.807) is 24.1 Å². The minimum absolute atomic E-state index is 0.00792. The molecule has 6 heteroatoms. The number of benzene rings is 3. The van der Waals surface area contributed by atoms with Crippen LogP contribution in [0.15, 0.2) is 78.9 Å². The molecule has 1 fully saturated rings. The van der Waals surface area contributed by atoms with E-state index in [4.69, 9.17) is 9.47 Å². The first kappa shape index (κ1) is 23.8. The largest absolute Gasteiger partial charge is 0.497 e. The fourth-order valence-corrected chi connectivity index (χ4v) is 4.84. The molecule has 34 heavy (non-hydrogen) atoms. The van der Waals surface area contributed by atoms with Gasteiger partial charge in [-0.1, -0.05) is 54.6 Å². The summed E-state index contributed by atoms with van der Waals surface area (Å²) in [5, 5.41) is 10.1. The summed E-state index contributed by atoms with van der Waals surface area (Å²) in [7, 11) is 1.61. The van der Waals surface area contributed by atoms with Crippen molar-refractivity contribution in [3.8, 4) is 5.75 Å². The Kier molecular flexibility index (Phi) is 7.80. The quantitative estimate of drug-likeness (QED) is 0.477. The van der Waals surface area contributed by atoms with Crippen molar-refractivity contribution in [1.29, 1.82) is 0 Å². The summed E-state index contributed by atoms with van der Waals surface area (Å²) in [5.41, 5.74) is 2.77. The minimum Gasteiger partial charge on any atom is -0.497 e. The number of amides is 1. The van der Waals surface area contributed by atoms with Crippen LogP contribution < -0.4 is 4.74 Å². The van der Waals surface area contributed by atoms with E-state index in [-0.39, 0.29) is 36.9 Å². The third-order valence-corrected chi connectivity index (χ3v) is 6.60. The highest BCUT2D eigenvalue weighted by Crippen LogP contribution is 2.43. The highest BCUT2D eigenvalue weighted by atomic mass is 19.1. The molecule has 1 amide bonds. The lowest BCUT2D eigenvalue weighted by atomic mass is 9.86. The van der Waals surface area contributed by atoms with E-state index in [1.165, 1.54) is 12.1 Å². The van der Waals surface area contributed by atoms with Crippen LogP contribution in [0, 0.1) is 11.7 Å². The van der Waals surface area contributed by atoms with Crippen LogP contribution in [0.5, 0.6) is 5.75 Å². The molecule has 0 aliphatic heterocycles. The Hall–Kier alpha value is -3.38. The zero-order valence-corrected chi connectivity index (χ0v) is 19.3. The Labute approximate surface area is 199 Å². The molecular formula is C28H30FNO4. The van der Waals surface area contributed by atoms with Gasteiger partial charge in [0, 0.05) is 25.1 Å². The first-order valence-electron chi connectivity index (χ1n) is 11.6. The molecule has 4 rings (SSSR count). The van der Waals surface area contributed by atoms with Crippen LogP contribution in [-0.2, 0) is 17.9 Å². The number of methoxy groups -OCH3 is 1. The summed E-state index contributed by atoms with van der Waals surface area (Å²) in [5.74, 6) is 0.299. The third kappa shape index (κ3) is 5.57. The molecule has 0 saturated heterocycles. The lowest BCUT2D eigenvalue weighted by molar-refractivity contribution is 0.0714. The van der Waals surface area contributed by atoms with Gasteiger partial charge in [-0.15, -0.1) is 0 Å². The maximum absolute atomic E-state index is 13.6. The number of nitrogens with zero attached hydrogens (tertiary/aromatic N) is 1. The third-order valence-electron chi connectivity index (χ3n) is 6.60. The van der Waals surface area contributed by atoms with E-state index < -0.39 is 6.09 Å². The number of hydrogen-bond donors (Lipinski definition) is 1. The van der Waals surface area contributed by atoms with E-state index in [0.717, 1.165) is 35.3 Å². The topological polar surface area (TPSA) is 59.0 Å². The van der Waals surface area contributed by atoms with Gasteiger partial charge in [-0.3, -0.25) is 0 Å². The van der Waals surface area contributed by atoms with Crippen LogP contribution >= 0.6 is 0 Å². The summed E-state index contributed by atoms with van der Waals surface area (Å²) >= 11 is 0. The van der Waals surface area contributed by atoms with Gasteiger partial charge in [0.1, 0.15) is 18.2 Å². The SMILES string of the molecule is COc1ccc(CN(C(=O)OCc2ccccc2)C2CCC(CO)C2c2ccc(F)cc2)cc1. The average molecular weight is 464 g/mol. The molecule has 3 aromatic carbocycles. The predicted octanol–water partition coefficient (Wildman–Crippen LogP) is 5.53. The predicted molar refractivity (Wildman–Crippen MR) is 128 cm³/mol. The maximum Gasteiger partial charge on any atom is 0.410 e. The van der Waals surface area contributed by atoms with E-state index in [0.29, 0.717) is 6.54 Å². The number of carbonyl (C=O) groups is 1. The second-order valence-corrected chi connectivity index (χ2v) is 8.68. The zero-order valence-electron chi connectivity index (χ0n) is 19.3. The van der Waals surface area contributed by atoms with E-state index in [1.807, 2.05) is 54.6 Å². The van der Waals surface area contributed by atoms with Gasteiger partial charge in [-0.05, 0) is 59.7 Å². The number of ether oxygens (including phenoxy) is 2.